The van der Waals surface area contributed by atoms with Crippen molar-refractivity contribution in [2.75, 3.05) is 6.61 Å². The molecule has 0 N–H and O–H groups in total. The number of nitrogens with zero attached hydrogens (tertiary/aromatic N) is 1. The number of hydrogen-bond donors (Lipinski definition) is 0. The van der Waals surface area contributed by atoms with Crippen LogP contribution in [0.5, 0.6) is 0 Å². The topological polar surface area (TPSA) is 63.7 Å². The van der Waals surface area contributed by atoms with Gasteiger partial charge in [0.25, 0.3) is 0 Å². The van der Waals surface area contributed by atoms with Crippen molar-refractivity contribution in [2.24, 2.45) is 0 Å². The van der Waals surface area contributed by atoms with Gasteiger partial charge in [0.2, 0.25) is 11.8 Å². The highest BCUT2D eigenvalue weighted by atomic mass is 16.6. The van der Waals surface area contributed by atoms with Gasteiger partial charge in [-0.15, -0.1) is 0 Å². The Labute approximate surface area is 82.0 Å². The van der Waals surface area contributed by atoms with Gasteiger partial charge >= 0.3 is 6.09 Å². The van der Waals surface area contributed by atoms with Crippen molar-refractivity contribution in [1.82, 2.24) is 4.90 Å². The van der Waals surface area contributed by atoms with Gasteiger partial charge in [0.05, 0.1) is 6.61 Å². The van der Waals surface area contributed by atoms with E-state index in [1.54, 1.807) is 0 Å². The number of amides is 3. The molecule has 0 atom stereocenters. The fraction of sp³-hybridized carbons (Fsp3) is 0.667. The van der Waals surface area contributed by atoms with E-state index < -0.39 is 17.9 Å². The third-order valence-electron chi connectivity index (χ3n) is 1.96. The molecule has 0 aromatic rings. The zero-order chi connectivity index (χ0) is 10.6. The van der Waals surface area contributed by atoms with Crippen LogP contribution in [0.4, 0.5) is 4.79 Å². The molecule has 0 aromatic heterocycles. The van der Waals surface area contributed by atoms with Crippen LogP contribution in [0.1, 0.15) is 32.6 Å². The third-order valence-corrected chi connectivity index (χ3v) is 1.96. The zero-order valence-corrected chi connectivity index (χ0v) is 8.12. The minimum Gasteiger partial charge on any atom is -0.449 e. The molecule has 0 bridgehead atoms. The fourth-order valence-corrected chi connectivity index (χ4v) is 1.15. The molecular weight excluding hydrogens is 186 g/mol. The quantitative estimate of drug-likeness (QED) is 0.503. The summed E-state index contributed by atoms with van der Waals surface area (Å²) in [6.45, 7) is 2.21. The Bertz CT molecular complexity index is 246. The maximum absolute atomic E-state index is 11.2. The zero-order valence-electron chi connectivity index (χ0n) is 8.12. The Balaban J connectivity index is 2.43. The maximum Gasteiger partial charge on any atom is 0.423 e. The predicted octanol–water partition coefficient (Wildman–Crippen LogP) is 1.07. The first-order valence-electron chi connectivity index (χ1n) is 4.69. The second-order valence-corrected chi connectivity index (χ2v) is 3.09. The van der Waals surface area contributed by atoms with E-state index in [2.05, 4.69) is 0 Å². The second kappa shape index (κ2) is 4.74. The standard InChI is InChI=1S/C9H13NO4/c1-2-3-6-14-9(13)10-7(11)4-5-8(10)12/h2-6H2,1H3. The molecule has 0 spiro atoms. The Kier molecular flexibility index (Phi) is 3.62. The molecule has 5 nitrogen and oxygen atoms in total. The summed E-state index contributed by atoms with van der Waals surface area (Å²) in [6, 6.07) is 0. The van der Waals surface area contributed by atoms with Crippen LogP contribution in [0, 0.1) is 0 Å². The van der Waals surface area contributed by atoms with Crippen LogP contribution >= 0.6 is 0 Å². The van der Waals surface area contributed by atoms with Crippen LogP contribution in [-0.4, -0.2) is 29.4 Å². The van der Waals surface area contributed by atoms with E-state index in [0.717, 1.165) is 12.8 Å². The average Bonchev–Trinajstić information content (AvgIpc) is 2.46. The van der Waals surface area contributed by atoms with Gasteiger partial charge in [-0.25, -0.2) is 4.79 Å². The summed E-state index contributed by atoms with van der Waals surface area (Å²) >= 11 is 0. The smallest absolute Gasteiger partial charge is 0.423 e. The van der Waals surface area contributed by atoms with Crippen LogP contribution < -0.4 is 0 Å². The minimum absolute atomic E-state index is 0.113. The number of carbonyl (C=O) groups is 3. The molecule has 1 saturated heterocycles. The lowest BCUT2D eigenvalue weighted by Crippen LogP contribution is -2.36. The van der Waals surface area contributed by atoms with Crippen LogP contribution in [0.25, 0.3) is 0 Å². The summed E-state index contributed by atoms with van der Waals surface area (Å²) in [6.07, 6.45) is 1.03. The van der Waals surface area contributed by atoms with E-state index in [1.165, 1.54) is 0 Å². The van der Waals surface area contributed by atoms with Crippen molar-refractivity contribution in [2.45, 2.75) is 32.6 Å². The molecule has 0 aliphatic carbocycles. The summed E-state index contributed by atoms with van der Waals surface area (Å²) in [4.78, 5) is 33.9. The van der Waals surface area contributed by atoms with Gasteiger partial charge in [0, 0.05) is 12.8 Å². The van der Waals surface area contributed by atoms with Crippen LogP contribution in [-0.2, 0) is 14.3 Å². The Hall–Kier alpha value is -1.39. The molecule has 0 radical (unpaired) electrons. The molecule has 5 heteroatoms. The van der Waals surface area contributed by atoms with Crippen molar-refractivity contribution in [3.05, 3.63) is 0 Å². The number of likely N-dealkylation sites (tertiary alicyclic amines) is 1. The number of unbranched alkanes of at least 4 members (excludes halogenated alkanes) is 1. The van der Waals surface area contributed by atoms with Crippen LogP contribution in [0.3, 0.4) is 0 Å². The predicted molar refractivity (Wildman–Crippen MR) is 47.3 cm³/mol. The van der Waals surface area contributed by atoms with E-state index in [0.29, 0.717) is 4.90 Å². The monoisotopic (exact) mass is 199 g/mol. The summed E-state index contributed by atoms with van der Waals surface area (Å²) in [5, 5.41) is 0. The number of rotatable bonds is 3. The van der Waals surface area contributed by atoms with Gasteiger partial charge < -0.3 is 4.74 Å². The lowest BCUT2D eigenvalue weighted by Gasteiger charge is -2.11. The highest BCUT2D eigenvalue weighted by molar-refractivity contribution is 6.13. The van der Waals surface area contributed by atoms with Gasteiger partial charge in [-0.1, -0.05) is 13.3 Å². The highest BCUT2D eigenvalue weighted by Gasteiger charge is 2.35. The molecule has 1 aliphatic heterocycles. The minimum atomic E-state index is -0.828. The molecular formula is C9H13NO4. The van der Waals surface area contributed by atoms with Gasteiger partial charge in [-0.3, -0.25) is 9.59 Å². The lowest BCUT2D eigenvalue weighted by atomic mass is 10.4. The first-order chi connectivity index (χ1) is 6.66. The van der Waals surface area contributed by atoms with Crippen molar-refractivity contribution < 1.29 is 19.1 Å². The molecule has 78 valence electrons. The van der Waals surface area contributed by atoms with Gasteiger partial charge in [0.1, 0.15) is 0 Å². The maximum atomic E-state index is 11.2. The summed E-state index contributed by atoms with van der Waals surface area (Å²) in [5.74, 6) is -0.923. The Morgan fingerprint density at radius 2 is 1.93 bits per heavy atom. The van der Waals surface area contributed by atoms with Crippen molar-refractivity contribution in [1.29, 1.82) is 0 Å². The first-order valence-corrected chi connectivity index (χ1v) is 4.69. The normalized spacial score (nSPS) is 16.2. The number of carbonyl (C=O) groups excluding carboxylic acids is 3. The molecule has 0 aromatic carbocycles. The third kappa shape index (κ3) is 2.31. The van der Waals surface area contributed by atoms with Crippen molar-refractivity contribution >= 4 is 17.9 Å². The van der Waals surface area contributed by atoms with Gasteiger partial charge in [-0.05, 0) is 6.42 Å². The van der Waals surface area contributed by atoms with E-state index in [1.807, 2.05) is 6.92 Å². The first kappa shape index (κ1) is 10.7. The highest BCUT2D eigenvalue weighted by Crippen LogP contribution is 2.12. The number of imide groups is 3. The molecule has 3 amide bonds. The molecule has 1 fully saturated rings. The molecule has 1 heterocycles. The van der Waals surface area contributed by atoms with E-state index in [-0.39, 0.29) is 19.4 Å². The summed E-state index contributed by atoms with van der Waals surface area (Å²) in [7, 11) is 0. The number of hydrogen-bond acceptors (Lipinski definition) is 4. The number of ether oxygens (including phenoxy) is 1. The molecule has 0 unspecified atom stereocenters. The summed E-state index contributed by atoms with van der Waals surface area (Å²) in [5.41, 5.74) is 0. The van der Waals surface area contributed by atoms with E-state index >= 15 is 0 Å². The largest absolute Gasteiger partial charge is 0.449 e. The average molecular weight is 199 g/mol. The Morgan fingerprint density at radius 1 is 1.36 bits per heavy atom. The molecule has 14 heavy (non-hydrogen) atoms. The molecule has 0 saturated carbocycles. The van der Waals surface area contributed by atoms with Crippen LogP contribution in [0.15, 0.2) is 0 Å². The molecule has 1 aliphatic rings. The summed E-state index contributed by atoms with van der Waals surface area (Å²) < 4.78 is 4.75. The fourth-order valence-electron chi connectivity index (χ4n) is 1.15. The SMILES string of the molecule is CCCCOC(=O)N1C(=O)CCC1=O. The molecule has 1 rings (SSSR count). The van der Waals surface area contributed by atoms with Gasteiger partial charge in [-0.2, -0.15) is 4.90 Å². The lowest BCUT2D eigenvalue weighted by molar-refractivity contribution is -0.136. The van der Waals surface area contributed by atoms with Crippen LogP contribution in [0.2, 0.25) is 0 Å². The van der Waals surface area contributed by atoms with E-state index in [9.17, 15) is 14.4 Å². The van der Waals surface area contributed by atoms with E-state index in [4.69, 9.17) is 4.74 Å². The Morgan fingerprint density at radius 3 is 2.43 bits per heavy atom. The van der Waals surface area contributed by atoms with Crippen molar-refractivity contribution in [3.63, 3.8) is 0 Å². The second-order valence-electron chi connectivity index (χ2n) is 3.09. The van der Waals surface area contributed by atoms with Crippen molar-refractivity contribution in [3.8, 4) is 0 Å². The van der Waals surface area contributed by atoms with Gasteiger partial charge in [0.15, 0.2) is 0 Å².